The van der Waals surface area contributed by atoms with Gasteiger partial charge in [0.25, 0.3) is 0 Å². The van der Waals surface area contributed by atoms with Crippen molar-refractivity contribution in [1.82, 2.24) is 4.98 Å². The molecule has 0 radical (unpaired) electrons. The SMILES string of the molecule is CC(N)c1c[nH]c2c(Br)cccc12. The van der Waals surface area contributed by atoms with Gasteiger partial charge >= 0.3 is 0 Å². The molecule has 0 aliphatic carbocycles. The van der Waals surface area contributed by atoms with Crippen molar-refractivity contribution in [2.24, 2.45) is 5.73 Å². The van der Waals surface area contributed by atoms with E-state index in [2.05, 4.69) is 27.0 Å². The number of rotatable bonds is 1. The zero-order chi connectivity index (χ0) is 9.42. The molecule has 0 aliphatic heterocycles. The van der Waals surface area contributed by atoms with Crippen molar-refractivity contribution >= 4 is 26.8 Å². The van der Waals surface area contributed by atoms with Gasteiger partial charge in [0.15, 0.2) is 0 Å². The Morgan fingerprint density at radius 2 is 2.23 bits per heavy atom. The topological polar surface area (TPSA) is 41.8 Å². The molecule has 3 heteroatoms. The lowest BCUT2D eigenvalue weighted by Gasteiger charge is -2.02. The highest BCUT2D eigenvalue weighted by Crippen LogP contribution is 2.27. The summed E-state index contributed by atoms with van der Waals surface area (Å²) in [6.07, 6.45) is 1.97. The van der Waals surface area contributed by atoms with E-state index in [-0.39, 0.29) is 6.04 Å². The molecule has 0 amide bonds. The molecule has 2 aromatic rings. The van der Waals surface area contributed by atoms with Gasteiger partial charge in [0.1, 0.15) is 0 Å². The van der Waals surface area contributed by atoms with Crippen molar-refractivity contribution in [2.75, 3.05) is 0 Å². The van der Waals surface area contributed by atoms with Crippen molar-refractivity contribution in [3.63, 3.8) is 0 Å². The minimum Gasteiger partial charge on any atom is -0.360 e. The molecule has 2 nitrogen and oxygen atoms in total. The molecule has 0 fully saturated rings. The predicted molar refractivity (Wildman–Crippen MR) is 58.6 cm³/mol. The zero-order valence-corrected chi connectivity index (χ0v) is 8.93. The van der Waals surface area contributed by atoms with Crippen LogP contribution in [0, 0.1) is 0 Å². The van der Waals surface area contributed by atoms with Gasteiger partial charge in [-0.1, -0.05) is 12.1 Å². The predicted octanol–water partition coefficient (Wildman–Crippen LogP) is 2.95. The molecule has 13 heavy (non-hydrogen) atoms. The van der Waals surface area contributed by atoms with Crippen molar-refractivity contribution in [3.8, 4) is 0 Å². The molecule has 0 saturated carbocycles. The van der Waals surface area contributed by atoms with Crippen LogP contribution in [0.25, 0.3) is 10.9 Å². The van der Waals surface area contributed by atoms with E-state index in [0.717, 1.165) is 15.6 Å². The molecule has 1 heterocycles. The van der Waals surface area contributed by atoms with Crippen molar-refractivity contribution in [3.05, 3.63) is 34.4 Å². The fourth-order valence-corrected chi connectivity index (χ4v) is 2.00. The van der Waals surface area contributed by atoms with Crippen LogP contribution in [0.3, 0.4) is 0 Å². The monoisotopic (exact) mass is 238 g/mol. The van der Waals surface area contributed by atoms with Crippen LogP contribution in [0.4, 0.5) is 0 Å². The zero-order valence-electron chi connectivity index (χ0n) is 7.34. The first kappa shape index (κ1) is 8.78. The Balaban J connectivity index is 2.75. The van der Waals surface area contributed by atoms with Gasteiger partial charge in [-0.05, 0) is 34.5 Å². The first-order valence-electron chi connectivity index (χ1n) is 4.21. The van der Waals surface area contributed by atoms with Crippen LogP contribution in [0.5, 0.6) is 0 Å². The molecule has 1 aromatic carbocycles. The van der Waals surface area contributed by atoms with E-state index >= 15 is 0 Å². The Kier molecular flexibility index (Phi) is 2.14. The summed E-state index contributed by atoms with van der Waals surface area (Å²) in [5, 5.41) is 1.20. The lowest BCUT2D eigenvalue weighted by atomic mass is 10.1. The van der Waals surface area contributed by atoms with Crippen LogP contribution in [0.2, 0.25) is 0 Å². The number of aromatic amines is 1. The average Bonchev–Trinajstić information content (AvgIpc) is 2.48. The van der Waals surface area contributed by atoms with Crippen molar-refractivity contribution in [1.29, 1.82) is 0 Å². The van der Waals surface area contributed by atoms with Gasteiger partial charge in [0.05, 0.1) is 5.52 Å². The number of para-hydroxylation sites is 1. The van der Waals surface area contributed by atoms with Crippen molar-refractivity contribution < 1.29 is 0 Å². The molecular formula is C10H11BrN2. The largest absolute Gasteiger partial charge is 0.360 e. The Labute approximate surface area is 85.3 Å². The van der Waals surface area contributed by atoms with Crippen LogP contribution < -0.4 is 5.73 Å². The lowest BCUT2D eigenvalue weighted by Crippen LogP contribution is -2.03. The highest BCUT2D eigenvalue weighted by atomic mass is 79.9. The van der Waals surface area contributed by atoms with E-state index in [4.69, 9.17) is 5.73 Å². The van der Waals surface area contributed by atoms with Gasteiger partial charge < -0.3 is 10.7 Å². The lowest BCUT2D eigenvalue weighted by molar-refractivity contribution is 0.826. The maximum Gasteiger partial charge on any atom is 0.0601 e. The molecule has 0 spiro atoms. The van der Waals surface area contributed by atoms with Gasteiger partial charge in [-0.25, -0.2) is 0 Å². The molecule has 0 aliphatic rings. The minimum absolute atomic E-state index is 0.0723. The molecular weight excluding hydrogens is 228 g/mol. The van der Waals surface area contributed by atoms with E-state index in [1.165, 1.54) is 5.39 Å². The Morgan fingerprint density at radius 3 is 2.92 bits per heavy atom. The van der Waals surface area contributed by atoms with Crippen LogP contribution in [-0.4, -0.2) is 4.98 Å². The normalized spacial score (nSPS) is 13.5. The van der Waals surface area contributed by atoms with Crippen LogP contribution >= 0.6 is 15.9 Å². The number of fused-ring (bicyclic) bond motifs is 1. The standard InChI is InChI=1S/C10H11BrN2/c1-6(12)8-5-13-10-7(8)3-2-4-9(10)11/h2-6,13H,12H2,1H3. The number of halogens is 1. The average molecular weight is 239 g/mol. The second-order valence-corrected chi connectivity index (χ2v) is 4.05. The summed E-state index contributed by atoms with van der Waals surface area (Å²) in [5.74, 6) is 0. The fourth-order valence-electron chi connectivity index (χ4n) is 1.52. The first-order valence-corrected chi connectivity index (χ1v) is 5.00. The molecule has 0 saturated heterocycles. The van der Waals surface area contributed by atoms with E-state index < -0.39 is 0 Å². The van der Waals surface area contributed by atoms with E-state index in [1.807, 2.05) is 25.3 Å². The van der Waals surface area contributed by atoms with Gasteiger partial charge in [-0.3, -0.25) is 0 Å². The summed E-state index contributed by atoms with van der Waals surface area (Å²) in [6, 6.07) is 6.19. The Morgan fingerprint density at radius 1 is 1.46 bits per heavy atom. The van der Waals surface area contributed by atoms with E-state index in [0.29, 0.717) is 0 Å². The van der Waals surface area contributed by atoms with Crippen molar-refractivity contribution in [2.45, 2.75) is 13.0 Å². The molecule has 1 atom stereocenters. The molecule has 1 aromatic heterocycles. The highest BCUT2D eigenvalue weighted by molar-refractivity contribution is 9.10. The van der Waals surface area contributed by atoms with Crippen LogP contribution in [0.1, 0.15) is 18.5 Å². The first-order chi connectivity index (χ1) is 6.20. The summed E-state index contributed by atoms with van der Waals surface area (Å²) < 4.78 is 1.08. The maximum absolute atomic E-state index is 5.84. The smallest absolute Gasteiger partial charge is 0.0601 e. The third-order valence-corrected chi connectivity index (χ3v) is 2.85. The quantitative estimate of drug-likeness (QED) is 0.789. The summed E-state index contributed by atoms with van der Waals surface area (Å²) in [6.45, 7) is 1.99. The number of nitrogens with one attached hydrogen (secondary N) is 1. The molecule has 68 valence electrons. The molecule has 0 bridgehead atoms. The summed E-state index contributed by atoms with van der Waals surface area (Å²) in [5.41, 5.74) is 8.12. The Bertz CT molecular complexity index is 431. The third kappa shape index (κ3) is 1.38. The van der Waals surface area contributed by atoms with Gasteiger partial charge in [-0.2, -0.15) is 0 Å². The maximum atomic E-state index is 5.84. The van der Waals surface area contributed by atoms with Crippen LogP contribution in [0.15, 0.2) is 28.9 Å². The fraction of sp³-hybridized carbons (Fsp3) is 0.200. The number of H-pyrrole nitrogens is 1. The Hall–Kier alpha value is -0.800. The number of nitrogens with two attached hydrogens (primary N) is 1. The second kappa shape index (κ2) is 3.16. The third-order valence-electron chi connectivity index (χ3n) is 2.19. The summed E-state index contributed by atoms with van der Waals surface area (Å²) >= 11 is 3.49. The van der Waals surface area contributed by atoms with E-state index in [9.17, 15) is 0 Å². The summed E-state index contributed by atoms with van der Waals surface area (Å²) in [7, 11) is 0. The van der Waals surface area contributed by atoms with Gasteiger partial charge in [0, 0.05) is 22.1 Å². The van der Waals surface area contributed by atoms with Gasteiger partial charge in [-0.15, -0.1) is 0 Å². The summed E-state index contributed by atoms with van der Waals surface area (Å²) in [4.78, 5) is 3.21. The second-order valence-electron chi connectivity index (χ2n) is 3.20. The number of hydrogen-bond donors (Lipinski definition) is 2. The van der Waals surface area contributed by atoms with E-state index in [1.54, 1.807) is 0 Å². The number of aromatic nitrogens is 1. The molecule has 3 N–H and O–H groups in total. The number of hydrogen-bond acceptors (Lipinski definition) is 1. The van der Waals surface area contributed by atoms with Crippen LogP contribution in [-0.2, 0) is 0 Å². The molecule has 1 unspecified atom stereocenters. The number of benzene rings is 1. The van der Waals surface area contributed by atoms with Gasteiger partial charge in [0.2, 0.25) is 0 Å². The highest BCUT2D eigenvalue weighted by Gasteiger charge is 2.08. The molecule has 2 rings (SSSR count). The minimum atomic E-state index is 0.0723.